The number of hydrogen-bond donors (Lipinski definition) is 0. The van der Waals surface area contributed by atoms with Crippen LogP contribution in [0.2, 0.25) is 0 Å². The van der Waals surface area contributed by atoms with Gasteiger partial charge in [-0.2, -0.15) is 4.57 Å². The van der Waals surface area contributed by atoms with Crippen molar-refractivity contribution in [3.8, 4) is 0 Å². The molecule has 0 aromatic carbocycles. The molecule has 3 nitrogen and oxygen atoms in total. The second-order valence-electron chi connectivity index (χ2n) is 3.54. The van der Waals surface area contributed by atoms with Crippen LogP contribution in [0.15, 0.2) is 50.3 Å². The maximum absolute atomic E-state index is 11.4. The van der Waals surface area contributed by atoms with Crippen LogP contribution in [0.4, 0.5) is 0 Å². The standard InChI is InChI=1S/C12H11BrNO2/c1-9-7-10(16-12(15)11(9)13)8-14-5-3-2-4-6-14/h2-7H,8H2,1H3/q+1. The largest absolute Gasteiger partial charge is 0.420 e. The van der Waals surface area contributed by atoms with Gasteiger partial charge in [0.05, 0.1) is 0 Å². The Hall–Kier alpha value is -1.42. The third kappa shape index (κ3) is 2.39. The zero-order valence-corrected chi connectivity index (χ0v) is 10.4. The van der Waals surface area contributed by atoms with Crippen LogP contribution in [0.5, 0.6) is 0 Å². The third-order valence-corrected chi connectivity index (χ3v) is 3.19. The van der Waals surface area contributed by atoms with E-state index in [1.165, 1.54) is 0 Å². The van der Waals surface area contributed by atoms with Gasteiger partial charge in [-0.1, -0.05) is 6.07 Å². The van der Waals surface area contributed by atoms with Crippen molar-refractivity contribution in [2.75, 3.05) is 0 Å². The molecule has 0 unspecified atom stereocenters. The second-order valence-corrected chi connectivity index (χ2v) is 4.34. The van der Waals surface area contributed by atoms with Gasteiger partial charge in [0.1, 0.15) is 4.47 Å². The minimum absolute atomic E-state index is 0.327. The van der Waals surface area contributed by atoms with Crippen molar-refractivity contribution in [2.24, 2.45) is 0 Å². The predicted molar refractivity (Wildman–Crippen MR) is 63.2 cm³/mol. The fraction of sp³-hybridized carbons (Fsp3) is 0.167. The van der Waals surface area contributed by atoms with E-state index in [0.717, 1.165) is 5.56 Å². The van der Waals surface area contributed by atoms with E-state index < -0.39 is 0 Å². The van der Waals surface area contributed by atoms with Crippen molar-refractivity contribution in [2.45, 2.75) is 13.5 Å². The fourth-order valence-corrected chi connectivity index (χ4v) is 1.65. The molecule has 0 bridgehead atoms. The number of halogens is 1. The number of rotatable bonds is 2. The van der Waals surface area contributed by atoms with Gasteiger partial charge in [-0.3, -0.25) is 0 Å². The van der Waals surface area contributed by atoms with Crippen molar-refractivity contribution >= 4 is 15.9 Å². The van der Waals surface area contributed by atoms with E-state index >= 15 is 0 Å². The molecule has 2 rings (SSSR count). The number of aromatic nitrogens is 1. The highest BCUT2D eigenvalue weighted by Crippen LogP contribution is 2.11. The molecule has 16 heavy (non-hydrogen) atoms. The molecular formula is C12H11BrNO2+. The zero-order chi connectivity index (χ0) is 11.5. The minimum atomic E-state index is -0.327. The molecule has 0 spiro atoms. The lowest BCUT2D eigenvalue weighted by molar-refractivity contribution is -0.690. The molecule has 2 heterocycles. The van der Waals surface area contributed by atoms with Gasteiger partial charge in [-0.15, -0.1) is 0 Å². The van der Waals surface area contributed by atoms with E-state index in [-0.39, 0.29) is 5.63 Å². The summed E-state index contributed by atoms with van der Waals surface area (Å²) in [4.78, 5) is 11.4. The molecule has 2 aromatic heterocycles. The van der Waals surface area contributed by atoms with E-state index in [1.807, 2.05) is 48.1 Å². The van der Waals surface area contributed by atoms with Gasteiger partial charge in [-0.05, 0) is 34.5 Å². The molecule has 0 saturated carbocycles. The molecule has 4 heteroatoms. The zero-order valence-electron chi connectivity index (χ0n) is 8.81. The third-order valence-electron chi connectivity index (χ3n) is 2.24. The molecule has 0 atom stereocenters. The number of nitrogens with zero attached hydrogens (tertiary/aromatic N) is 1. The summed E-state index contributed by atoms with van der Waals surface area (Å²) in [6, 6.07) is 7.68. The molecule has 82 valence electrons. The highest BCUT2D eigenvalue weighted by molar-refractivity contribution is 9.10. The quantitative estimate of drug-likeness (QED) is 0.789. The van der Waals surface area contributed by atoms with Crippen molar-refractivity contribution in [3.63, 3.8) is 0 Å². The van der Waals surface area contributed by atoms with Gasteiger partial charge in [0.2, 0.25) is 6.54 Å². The normalized spacial score (nSPS) is 10.4. The smallest absolute Gasteiger partial charge is 0.350 e. The summed E-state index contributed by atoms with van der Waals surface area (Å²) >= 11 is 3.19. The summed E-state index contributed by atoms with van der Waals surface area (Å²) in [6.45, 7) is 2.43. The van der Waals surface area contributed by atoms with Gasteiger partial charge in [0, 0.05) is 12.1 Å². The fourth-order valence-electron chi connectivity index (χ4n) is 1.46. The summed E-state index contributed by atoms with van der Waals surface area (Å²) in [5.74, 6) is 0.655. The minimum Gasteiger partial charge on any atom is -0.420 e. The Balaban J connectivity index is 2.33. The van der Waals surface area contributed by atoms with Gasteiger partial charge >= 0.3 is 5.63 Å². The average molecular weight is 281 g/mol. The highest BCUT2D eigenvalue weighted by Gasteiger charge is 2.09. The van der Waals surface area contributed by atoms with Crippen LogP contribution >= 0.6 is 15.9 Å². The Kier molecular flexibility index (Phi) is 3.19. The Bertz CT molecular complexity index is 549. The van der Waals surface area contributed by atoms with Crippen LogP contribution < -0.4 is 10.2 Å². The molecule has 0 aliphatic carbocycles. The van der Waals surface area contributed by atoms with Gasteiger partial charge in [0.25, 0.3) is 0 Å². The Morgan fingerprint density at radius 3 is 2.62 bits per heavy atom. The molecule has 0 aliphatic rings. The van der Waals surface area contributed by atoms with Crippen LogP contribution in [-0.4, -0.2) is 0 Å². The lowest BCUT2D eigenvalue weighted by Crippen LogP contribution is -2.33. The van der Waals surface area contributed by atoms with Crippen LogP contribution in [0.25, 0.3) is 0 Å². The van der Waals surface area contributed by atoms with Crippen LogP contribution in [0.3, 0.4) is 0 Å². The highest BCUT2D eigenvalue weighted by atomic mass is 79.9. The maximum Gasteiger partial charge on any atom is 0.350 e. The van der Waals surface area contributed by atoms with Crippen molar-refractivity contribution in [1.82, 2.24) is 0 Å². The van der Waals surface area contributed by atoms with E-state index in [0.29, 0.717) is 16.8 Å². The maximum atomic E-state index is 11.4. The van der Waals surface area contributed by atoms with Gasteiger partial charge < -0.3 is 4.42 Å². The van der Waals surface area contributed by atoms with Crippen molar-refractivity contribution < 1.29 is 8.98 Å². The molecule has 0 amide bonds. The van der Waals surface area contributed by atoms with E-state index in [2.05, 4.69) is 15.9 Å². The molecule has 0 N–H and O–H groups in total. The van der Waals surface area contributed by atoms with Gasteiger partial charge in [-0.25, -0.2) is 4.79 Å². The average Bonchev–Trinajstić information content (AvgIpc) is 2.27. The molecule has 0 aliphatic heterocycles. The van der Waals surface area contributed by atoms with Crippen molar-refractivity contribution in [1.29, 1.82) is 0 Å². The molecule has 2 aromatic rings. The number of pyridine rings is 1. The van der Waals surface area contributed by atoms with Crippen LogP contribution in [-0.2, 0) is 6.54 Å². The molecule has 0 fully saturated rings. The summed E-state index contributed by atoms with van der Waals surface area (Å²) in [6.07, 6.45) is 3.86. The number of aryl methyl sites for hydroxylation is 1. The summed E-state index contributed by atoms with van der Waals surface area (Å²) in [7, 11) is 0. The first-order chi connectivity index (χ1) is 7.66. The first-order valence-electron chi connectivity index (χ1n) is 4.90. The molecular weight excluding hydrogens is 270 g/mol. The van der Waals surface area contributed by atoms with Crippen LogP contribution in [0.1, 0.15) is 11.3 Å². The topological polar surface area (TPSA) is 34.1 Å². The van der Waals surface area contributed by atoms with Crippen molar-refractivity contribution in [3.05, 3.63) is 62.9 Å². The van der Waals surface area contributed by atoms with Crippen LogP contribution in [0, 0.1) is 6.92 Å². The van der Waals surface area contributed by atoms with E-state index in [9.17, 15) is 4.79 Å². The van der Waals surface area contributed by atoms with E-state index in [1.54, 1.807) is 0 Å². The molecule has 0 radical (unpaired) electrons. The summed E-state index contributed by atoms with van der Waals surface area (Å²) < 4.78 is 7.61. The summed E-state index contributed by atoms with van der Waals surface area (Å²) in [5, 5.41) is 0. The lowest BCUT2D eigenvalue weighted by Gasteiger charge is -1.99. The first kappa shape index (κ1) is 11.1. The molecule has 0 saturated heterocycles. The Morgan fingerprint density at radius 2 is 2.00 bits per heavy atom. The Labute approximate surface area is 101 Å². The SMILES string of the molecule is Cc1cc(C[n+]2ccccc2)oc(=O)c1Br. The Morgan fingerprint density at radius 1 is 1.31 bits per heavy atom. The monoisotopic (exact) mass is 280 g/mol. The summed E-state index contributed by atoms with van der Waals surface area (Å²) in [5.41, 5.74) is 0.564. The van der Waals surface area contributed by atoms with Gasteiger partial charge in [0.15, 0.2) is 18.2 Å². The first-order valence-corrected chi connectivity index (χ1v) is 5.69. The predicted octanol–water partition coefficient (Wildman–Crippen LogP) is 2.05. The lowest BCUT2D eigenvalue weighted by atomic mass is 10.2. The number of hydrogen-bond acceptors (Lipinski definition) is 2. The van der Waals surface area contributed by atoms with E-state index in [4.69, 9.17) is 4.42 Å². The second kappa shape index (κ2) is 4.61.